The monoisotopic (exact) mass is 433 g/mol. The molecule has 0 radical (unpaired) electrons. The van der Waals surface area contributed by atoms with Crippen molar-refractivity contribution in [1.29, 1.82) is 0 Å². The van der Waals surface area contributed by atoms with Gasteiger partial charge in [-0.15, -0.1) is 6.58 Å². The second kappa shape index (κ2) is 9.63. The molecule has 0 heterocycles. The molecule has 0 fully saturated rings. The van der Waals surface area contributed by atoms with E-state index in [2.05, 4.69) is 63.6 Å². The van der Waals surface area contributed by atoms with E-state index in [0.717, 1.165) is 17.3 Å². The van der Waals surface area contributed by atoms with E-state index >= 15 is 0 Å². The summed E-state index contributed by atoms with van der Waals surface area (Å²) in [4.78, 5) is 0. The molecule has 2 aromatic carbocycles. The number of nitrogens with one attached hydrogen (secondary N) is 1. The summed E-state index contributed by atoms with van der Waals surface area (Å²) < 4.78 is 16.9. The van der Waals surface area contributed by atoms with Crippen LogP contribution in [0.15, 0.2) is 71.7 Å². The zero-order valence-corrected chi connectivity index (χ0v) is 18.1. The lowest BCUT2D eigenvalue weighted by atomic mass is 9.88. The Kier molecular flexibility index (Phi) is 7.81. The zero-order chi connectivity index (χ0) is 19.2. The largest absolute Gasteiger partial charge is 0.242 e. The third-order valence-electron chi connectivity index (χ3n) is 4.34. The van der Waals surface area contributed by atoms with Gasteiger partial charge in [-0.1, -0.05) is 64.5 Å². The second-order valence-electron chi connectivity index (χ2n) is 7.44. The molecule has 0 bridgehead atoms. The first-order valence-electron chi connectivity index (χ1n) is 8.91. The summed E-state index contributed by atoms with van der Waals surface area (Å²) in [6, 6.07) is 18.8. The van der Waals surface area contributed by atoms with Crippen molar-refractivity contribution in [3.8, 4) is 0 Å². The standard InChI is InChI=1S/C22H28BrNOS/c1-5-20(18-12-14-19(23)15-13-18)21(24-26(25)22(2,3)4)16-11-17-9-7-6-8-10-17/h5-10,12-15,20-21,24H,1,11,16H2,2-4H3/t20-,21+,26?/m0/s1. The minimum atomic E-state index is -1.13. The first-order chi connectivity index (χ1) is 12.3. The number of rotatable bonds is 8. The van der Waals surface area contributed by atoms with Crippen molar-refractivity contribution in [3.63, 3.8) is 0 Å². The zero-order valence-electron chi connectivity index (χ0n) is 15.7. The highest BCUT2D eigenvalue weighted by atomic mass is 79.9. The molecule has 4 heteroatoms. The minimum absolute atomic E-state index is 0.0499. The molecule has 26 heavy (non-hydrogen) atoms. The van der Waals surface area contributed by atoms with Gasteiger partial charge in [0.1, 0.15) is 0 Å². The Bertz CT molecular complexity index is 722. The van der Waals surface area contributed by atoms with Crippen LogP contribution in [0.3, 0.4) is 0 Å². The highest BCUT2D eigenvalue weighted by Gasteiger charge is 2.27. The van der Waals surface area contributed by atoms with Gasteiger partial charge in [0.15, 0.2) is 0 Å². The summed E-state index contributed by atoms with van der Waals surface area (Å²) in [5.74, 6) is 0.0955. The molecule has 0 saturated heterocycles. The average molecular weight is 434 g/mol. The molecule has 0 saturated carbocycles. The smallest absolute Gasteiger partial charge is 0.0973 e. The number of halogens is 1. The van der Waals surface area contributed by atoms with Crippen molar-refractivity contribution in [2.24, 2.45) is 0 Å². The molecule has 1 N–H and O–H groups in total. The molecule has 2 nitrogen and oxygen atoms in total. The molecule has 140 valence electrons. The van der Waals surface area contributed by atoms with Gasteiger partial charge in [-0.05, 0) is 56.9 Å². The van der Waals surface area contributed by atoms with Crippen molar-refractivity contribution in [3.05, 3.63) is 82.9 Å². The third kappa shape index (κ3) is 6.19. The van der Waals surface area contributed by atoms with Crippen LogP contribution in [0, 0.1) is 0 Å². The van der Waals surface area contributed by atoms with Crippen LogP contribution < -0.4 is 4.72 Å². The molecule has 0 spiro atoms. The highest BCUT2D eigenvalue weighted by molar-refractivity contribution is 9.10. The Labute approximate surface area is 168 Å². The van der Waals surface area contributed by atoms with Gasteiger partial charge in [-0.3, -0.25) is 0 Å². The Morgan fingerprint density at radius 1 is 1.12 bits per heavy atom. The SMILES string of the molecule is C=C[C@@H](c1ccc(Br)cc1)[C@@H](CCc1ccccc1)NS(=O)C(C)(C)C. The topological polar surface area (TPSA) is 29.1 Å². The number of benzene rings is 2. The fraction of sp³-hybridized carbons (Fsp3) is 0.364. The van der Waals surface area contributed by atoms with Crippen LogP contribution in [-0.2, 0) is 17.4 Å². The maximum Gasteiger partial charge on any atom is 0.0973 e. The lowest BCUT2D eigenvalue weighted by Gasteiger charge is -2.29. The Morgan fingerprint density at radius 3 is 2.27 bits per heavy atom. The summed E-state index contributed by atoms with van der Waals surface area (Å²) >= 11 is 3.49. The predicted octanol–water partition coefficient (Wildman–Crippen LogP) is 5.77. The lowest BCUT2D eigenvalue weighted by molar-refractivity contribution is 0.512. The van der Waals surface area contributed by atoms with Gasteiger partial charge in [0.25, 0.3) is 0 Å². The van der Waals surface area contributed by atoms with Crippen LogP contribution in [0.2, 0.25) is 0 Å². The van der Waals surface area contributed by atoms with Gasteiger partial charge in [-0.2, -0.15) is 0 Å². The van der Waals surface area contributed by atoms with E-state index in [1.165, 1.54) is 11.1 Å². The van der Waals surface area contributed by atoms with Gasteiger partial charge in [-0.25, -0.2) is 8.93 Å². The molecule has 2 aromatic rings. The Balaban J connectivity index is 2.23. The number of aryl methyl sites for hydroxylation is 1. The highest BCUT2D eigenvalue weighted by Crippen LogP contribution is 2.27. The van der Waals surface area contributed by atoms with Gasteiger partial charge in [0.05, 0.1) is 15.7 Å². The first-order valence-corrected chi connectivity index (χ1v) is 10.9. The van der Waals surface area contributed by atoms with Crippen LogP contribution in [0.4, 0.5) is 0 Å². The van der Waals surface area contributed by atoms with E-state index in [0.29, 0.717) is 0 Å². The fourth-order valence-corrected chi connectivity index (χ4v) is 3.97. The quantitative estimate of drug-likeness (QED) is 0.525. The third-order valence-corrected chi connectivity index (χ3v) is 6.50. The van der Waals surface area contributed by atoms with Crippen LogP contribution in [-0.4, -0.2) is 15.0 Å². The molecule has 0 aromatic heterocycles. The van der Waals surface area contributed by atoms with Crippen LogP contribution in [0.25, 0.3) is 0 Å². The molecular weight excluding hydrogens is 406 g/mol. The van der Waals surface area contributed by atoms with E-state index < -0.39 is 11.0 Å². The van der Waals surface area contributed by atoms with Crippen LogP contribution in [0.5, 0.6) is 0 Å². The van der Waals surface area contributed by atoms with E-state index in [1.807, 2.05) is 45.0 Å². The van der Waals surface area contributed by atoms with Gasteiger partial charge in [0.2, 0.25) is 0 Å². The summed E-state index contributed by atoms with van der Waals surface area (Å²) in [5, 5.41) is 0. The fourth-order valence-electron chi connectivity index (χ4n) is 2.81. The van der Waals surface area contributed by atoms with E-state index in [9.17, 15) is 4.21 Å². The maximum absolute atomic E-state index is 12.8. The van der Waals surface area contributed by atoms with Gasteiger partial charge < -0.3 is 0 Å². The number of hydrogen-bond donors (Lipinski definition) is 1. The molecule has 0 aliphatic carbocycles. The molecule has 2 rings (SSSR count). The van der Waals surface area contributed by atoms with Crippen molar-refractivity contribution < 1.29 is 4.21 Å². The summed E-state index contributed by atoms with van der Waals surface area (Å²) in [5.41, 5.74) is 2.47. The molecule has 1 unspecified atom stereocenters. The van der Waals surface area contributed by atoms with Crippen LogP contribution in [0.1, 0.15) is 44.2 Å². The Hall–Kier alpha value is -1.23. The van der Waals surface area contributed by atoms with Crippen LogP contribution >= 0.6 is 15.9 Å². The van der Waals surface area contributed by atoms with E-state index in [4.69, 9.17) is 0 Å². The summed E-state index contributed by atoms with van der Waals surface area (Å²) in [7, 11) is -1.13. The molecular formula is C22H28BrNOS. The van der Waals surface area contributed by atoms with Crippen molar-refractivity contribution in [2.45, 2.75) is 50.3 Å². The maximum atomic E-state index is 12.8. The molecule has 0 amide bonds. The summed E-state index contributed by atoms with van der Waals surface area (Å²) in [6.45, 7) is 10.0. The normalized spacial score (nSPS) is 15.2. The molecule has 0 aliphatic heterocycles. The summed E-state index contributed by atoms with van der Waals surface area (Å²) in [6.07, 6.45) is 3.78. The number of hydrogen-bond acceptors (Lipinski definition) is 1. The van der Waals surface area contributed by atoms with Crippen molar-refractivity contribution in [1.82, 2.24) is 4.72 Å². The molecule has 0 aliphatic rings. The van der Waals surface area contributed by atoms with Gasteiger partial charge >= 0.3 is 0 Å². The van der Waals surface area contributed by atoms with Crippen molar-refractivity contribution in [2.75, 3.05) is 0 Å². The molecule has 3 atom stereocenters. The lowest BCUT2D eigenvalue weighted by Crippen LogP contribution is -2.42. The second-order valence-corrected chi connectivity index (χ2v) is 10.4. The van der Waals surface area contributed by atoms with E-state index in [-0.39, 0.29) is 16.7 Å². The van der Waals surface area contributed by atoms with Gasteiger partial charge in [0, 0.05) is 16.4 Å². The minimum Gasteiger partial charge on any atom is -0.242 e. The average Bonchev–Trinajstić information content (AvgIpc) is 2.61. The first kappa shape index (κ1) is 21.1. The Morgan fingerprint density at radius 2 is 1.73 bits per heavy atom. The predicted molar refractivity (Wildman–Crippen MR) is 117 cm³/mol. The van der Waals surface area contributed by atoms with Crippen molar-refractivity contribution >= 4 is 26.9 Å². The van der Waals surface area contributed by atoms with E-state index in [1.54, 1.807) is 0 Å².